The Bertz CT molecular complexity index is 1590. The Morgan fingerprint density at radius 2 is 1.70 bits per heavy atom. The van der Waals surface area contributed by atoms with Gasteiger partial charge in [-0.2, -0.15) is 5.10 Å². The Morgan fingerprint density at radius 3 is 2.45 bits per heavy atom. The molecule has 0 aliphatic carbocycles. The molecule has 1 heterocycles. The Hall–Kier alpha value is -4.27. The molecule has 40 heavy (non-hydrogen) atoms. The zero-order chi connectivity index (χ0) is 28.1. The van der Waals surface area contributed by atoms with Crippen LogP contribution in [0.25, 0.3) is 10.8 Å². The second-order valence-corrected chi connectivity index (χ2v) is 10.0. The summed E-state index contributed by atoms with van der Waals surface area (Å²) in [6, 6.07) is 23.1. The number of hydrazone groups is 1. The lowest BCUT2D eigenvalue weighted by Crippen LogP contribution is -2.50. The van der Waals surface area contributed by atoms with Crippen molar-refractivity contribution in [1.82, 2.24) is 10.3 Å². The van der Waals surface area contributed by atoms with Crippen molar-refractivity contribution >= 4 is 57.7 Å². The van der Waals surface area contributed by atoms with E-state index in [0.717, 1.165) is 35.1 Å². The van der Waals surface area contributed by atoms with Crippen molar-refractivity contribution in [3.63, 3.8) is 0 Å². The first kappa shape index (κ1) is 27.3. The molecule has 4 aromatic carbocycles. The van der Waals surface area contributed by atoms with Crippen molar-refractivity contribution in [3.05, 3.63) is 100 Å². The number of phenols is 1. The number of fused-ring (bicyclic) bond motifs is 1. The molecule has 1 aliphatic heterocycles. The van der Waals surface area contributed by atoms with E-state index in [9.17, 15) is 14.7 Å². The Morgan fingerprint density at radius 1 is 0.925 bits per heavy atom. The first-order chi connectivity index (χ1) is 19.4. The molecule has 0 spiro atoms. The molecular formula is C30H26Cl2N4O4. The maximum absolute atomic E-state index is 12.9. The van der Waals surface area contributed by atoms with Gasteiger partial charge in [0, 0.05) is 53.4 Å². The van der Waals surface area contributed by atoms with E-state index in [1.54, 1.807) is 6.07 Å². The number of aromatic hydroxyl groups is 1. The molecule has 0 unspecified atom stereocenters. The topological polar surface area (TPSA) is 94.5 Å². The monoisotopic (exact) mass is 576 g/mol. The zero-order valence-electron chi connectivity index (χ0n) is 21.4. The molecule has 0 saturated carbocycles. The van der Waals surface area contributed by atoms with Gasteiger partial charge in [0.05, 0.1) is 11.2 Å². The predicted octanol–water partition coefficient (Wildman–Crippen LogP) is 5.34. The zero-order valence-corrected chi connectivity index (χ0v) is 22.9. The average molecular weight is 577 g/mol. The molecule has 2 N–H and O–H groups in total. The van der Waals surface area contributed by atoms with Crippen LogP contribution in [0, 0.1) is 0 Å². The molecule has 204 valence electrons. The van der Waals surface area contributed by atoms with Crippen LogP contribution in [0.2, 0.25) is 10.0 Å². The summed E-state index contributed by atoms with van der Waals surface area (Å²) in [7, 11) is 0. The summed E-state index contributed by atoms with van der Waals surface area (Å²) >= 11 is 12.0. The van der Waals surface area contributed by atoms with Gasteiger partial charge in [-0.1, -0.05) is 53.5 Å². The van der Waals surface area contributed by atoms with Crippen molar-refractivity contribution in [3.8, 4) is 11.5 Å². The van der Waals surface area contributed by atoms with E-state index in [0.29, 0.717) is 23.9 Å². The van der Waals surface area contributed by atoms with Crippen LogP contribution in [0.4, 0.5) is 5.69 Å². The van der Waals surface area contributed by atoms with Gasteiger partial charge in [-0.3, -0.25) is 9.59 Å². The number of amides is 2. The molecule has 10 heteroatoms. The van der Waals surface area contributed by atoms with Crippen LogP contribution in [-0.2, 0) is 4.79 Å². The number of hydrogen-bond donors (Lipinski definition) is 2. The first-order valence-corrected chi connectivity index (χ1v) is 13.4. The van der Waals surface area contributed by atoms with Crippen LogP contribution >= 0.6 is 23.2 Å². The lowest BCUT2D eigenvalue weighted by molar-refractivity contribution is -0.133. The van der Waals surface area contributed by atoms with E-state index in [1.807, 2.05) is 59.5 Å². The van der Waals surface area contributed by atoms with Crippen molar-refractivity contribution in [1.29, 1.82) is 0 Å². The Kier molecular flexibility index (Phi) is 8.38. The third kappa shape index (κ3) is 6.30. The Balaban J connectivity index is 1.20. The summed E-state index contributed by atoms with van der Waals surface area (Å²) in [4.78, 5) is 29.3. The highest BCUT2D eigenvalue weighted by molar-refractivity contribution is 6.32. The number of halogens is 2. The van der Waals surface area contributed by atoms with Crippen LogP contribution in [0.3, 0.4) is 0 Å². The van der Waals surface area contributed by atoms with Gasteiger partial charge in [-0.25, -0.2) is 5.43 Å². The van der Waals surface area contributed by atoms with Crippen LogP contribution < -0.4 is 15.1 Å². The quantitative estimate of drug-likeness (QED) is 0.228. The number of nitrogens with zero attached hydrogens (tertiary/aromatic N) is 3. The minimum absolute atomic E-state index is 0.0696. The highest BCUT2D eigenvalue weighted by Gasteiger charge is 2.22. The molecule has 1 saturated heterocycles. The third-order valence-electron chi connectivity index (χ3n) is 6.65. The standard InChI is InChI=1S/C30H26Cl2N4O4/c31-22-4-3-5-23(17-22)35-12-14-36(15-13-35)29(38)19-40-28-11-9-21(24-6-1-2-7-25(24)28)18-33-34-30(39)20-8-10-27(37)26(32)16-20/h1-11,16-18,37H,12-15,19H2,(H,34,39)/b33-18+. The fourth-order valence-corrected chi connectivity index (χ4v) is 4.89. The molecule has 0 bridgehead atoms. The maximum Gasteiger partial charge on any atom is 0.271 e. The van der Waals surface area contributed by atoms with E-state index in [2.05, 4.69) is 15.4 Å². The van der Waals surface area contributed by atoms with Gasteiger partial charge in [0.2, 0.25) is 0 Å². The highest BCUT2D eigenvalue weighted by atomic mass is 35.5. The van der Waals surface area contributed by atoms with Crippen molar-refractivity contribution < 1.29 is 19.4 Å². The number of ether oxygens (including phenoxy) is 1. The molecule has 5 rings (SSSR count). The van der Waals surface area contributed by atoms with E-state index in [-0.39, 0.29) is 28.8 Å². The van der Waals surface area contributed by atoms with Crippen LogP contribution in [0.15, 0.2) is 84.0 Å². The maximum atomic E-state index is 12.9. The highest BCUT2D eigenvalue weighted by Crippen LogP contribution is 2.28. The Labute approximate surface area is 241 Å². The van der Waals surface area contributed by atoms with Gasteiger partial charge in [-0.15, -0.1) is 0 Å². The second kappa shape index (κ2) is 12.3. The van der Waals surface area contributed by atoms with Gasteiger partial charge in [0.15, 0.2) is 6.61 Å². The number of benzene rings is 4. The average Bonchev–Trinajstić information content (AvgIpc) is 2.98. The summed E-state index contributed by atoms with van der Waals surface area (Å²) < 4.78 is 5.97. The summed E-state index contributed by atoms with van der Waals surface area (Å²) in [6.07, 6.45) is 1.54. The summed E-state index contributed by atoms with van der Waals surface area (Å²) in [6.45, 7) is 2.58. The van der Waals surface area contributed by atoms with Gasteiger partial charge in [0.1, 0.15) is 11.5 Å². The minimum atomic E-state index is -0.464. The summed E-state index contributed by atoms with van der Waals surface area (Å²) in [5.41, 5.74) is 4.54. The molecule has 1 fully saturated rings. The lowest BCUT2D eigenvalue weighted by atomic mass is 10.0. The van der Waals surface area contributed by atoms with E-state index in [4.69, 9.17) is 27.9 Å². The normalized spacial score (nSPS) is 13.6. The fourth-order valence-electron chi connectivity index (χ4n) is 4.52. The molecule has 0 aromatic heterocycles. The van der Waals surface area contributed by atoms with Gasteiger partial charge < -0.3 is 19.6 Å². The van der Waals surface area contributed by atoms with Gasteiger partial charge >= 0.3 is 0 Å². The van der Waals surface area contributed by atoms with Crippen molar-refractivity contribution in [2.24, 2.45) is 5.10 Å². The number of carbonyl (C=O) groups is 2. The number of carbonyl (C=O) groups excluding carboxylic acids is 2. The van der Waals surface area contributed by atoms with Gasteiger partial charge in [0.25, 0.3) is 11.8 Å². The molecule has 4 aromatic rings. The van der Waals surface area contributed by atoms with Crippen molar-refractivity contribution in [2.75, 3.05) is 37.7 Å². The van der Waals surface area contributed by atoms with E-state index >= 15 is 0 Å². The minimum Gasteiger partial charge on any atom is -0.506 e. The number of anilines is 1. The number of piperazine rings is 1. The van der Waals surface area contributed by atoms with E-state index < -0.39 is 5.91 Å². The molecule has 1 aliphatic rings. The fraction of sp³-hybridized carbons (Fsp3) is 0.167. The molecular weight excluding hydrogens is 551 g/mol. The van der Waals surface area contributed by atoms with Crippen LogP contribution in [-0.4, -0.2) is 60.8 Å². The SMILES string of the molecule is O=C(N/N=C/c1ccc(OCC(=O)N2CCN(c3cccc(Cl)c3)CC2)c2ccccc12)c1ccc(O)c(Cl)c1. The molecule has 2 amide bonds. The third-order valence-corrected chi connectivity index (χ3v) is 7.19. The van der Waals surface area contributed by atoms with Gasteiger partial charge in [-0.05, 0) is 53.9 Å². The first-order valence-electron chi connectivity index (χ1n) is 12.6. The summed E-state index contributed by atoms with van der Waals surface area (Å²) in [5, 5.41) is 16.1. The van der Waals surface area contributed by atoms with Crippen LogP contribution in [0.5, 0.6) is 11.5 Å². The number of phenolic OH excluding ortho intramolecular Hbond substituents is 1. The molecule has 0 radical (unpaired) electrons. The second-order valence-electron chi connectivity index (χ2n) is 9.20. The lowest BCUT2D eigenvalue weighted by Gasteiger charge is -2.36. The largest absolute Gasteiger partial charge is 0.506 e. The smallest absolute Gasteiger partial charge is 0.271 e. The van der Waals surface area contributed by atoms with Crippen LogP contribution in [0.1, 0.15) is 15.9 Å². The van der Waals surface area contributed by atoms with E-state index in [1.165, 1.54) is 24.4 Å². The molecule has 0 atom stereocenters. The number of nitrogens with one attached hydrogen (secondary N) is 1. The van der Waals surface area contributed by atoms with Crippen molar-refractivity contribution in [2.45, 2.75) is 0 Å². The number of hydrogen-bond acceptors (Lipinski definition) is 6. The number of rotatable bonds is 7. The predicted molar refractivity (Wildman–Crippen MR) is 158 cm³/mol. The molecule has 8 nitrogen and oxygen atoms in total. The summed E-state index contributed by atoms with van der Waals surface area (Å²) in [5.74, 6) is -0.0538.